The van der Waals surface area contributed by atoms with Crippen LogP contribution in [0.5, 0.6) is 0 Å². The topological polar surface area (TPSA) is 59.4 Å². The molecule has 0 aromatic carbocycles. The maximum absolute atomic E-state index is 12.6. The van der Waals surface area contributed by atoms with Gasteiger partial charge in [0, 0.05) is 48.9 Å². The first-order chi connectivity index (χ1) is 11.3. The fourth-order valence-corrected chi connectivity index (χ4v) is 3.55. The molecule has 130 valence electrons. The van der Waals surface area contributed by atoms with Crippen LogP contribution >= 0.6 is 15.9 Å². The van der Waals surface area contributed by atoms with E-state index in [1.54, 1.807) is 4.90 Å². The lowest BCUT2D eigenvalue weighted by atomic mass is 10.0. The van der Waals surface area contributed by atoms with E-state index in [9.17, 15) is 4.79 Å². The number of nitrogens with one attached hydrogen (secondary N) is 1. The molecule has 3 rings (SSSR count). The number of carbonyl (C=O) groups is 1. The summed E-state index contributed by atoms with van der Waals surface area (Å²) in [7, 11) is 1.97. The molecule has 2 aromatic heterocycles. The van der Waals surface area contributed by atoms with E-state index in [-0.39, 0.29) is 12.1 Å². The number of hydrogen-bond acceptors (Lipinski definition) is 4. The van der Waals surface area contributed by atoms with Crippen molar-refractivity contribution < 1.29 is 9.53 Å². The maximum Gasteiger partial charge on any atom is 0.410 e. The first-order valence-electron chi connectivity index (χ1n) is 8.07. The summed E-state index contributed by atoms with van der Waals surface area (Å²) in [6.45, 7) is 7.73. The van der Waals surface area contributed by atoms with Gasteiger partial charge < -0.3 is 14.6 Å². The van der Waals surface area contributed by atoms with Gasteiger partial charge in [0.15, 0.2) is 0 Å². The van der Waals surface area contributed by atoms with Gasteiger partial charge in [-0.3, -0.25) is 4.90 Å². The normalized spacial score (nSPS) is 18.9. The van der Waals surface area contributed by atoms with Crippen molar-refractivity contribution in [2.75, 3.05) is 19.6 Å². The Bertz CT molecular complexity index is 766. The third-order valence-electron chi connectivity index (χ3n) is 4.04. The van der Waals surface area contributed by atoms with Crippen molar-refractivity contribution in [2.45, 2.75) is 32.4 Å². The summed E-state index contributed by atoms with van der Waals surface area (Å²) in [5.74, 6) is 0. The molecule has 7 heteroatoms. The number of piperazine rings is 1. The highest BCUT2D eigenvalue weighted by Crippen LogP contribution is 2.30. The van der Waals surface area contributed by atoms with Gasteiger partial charge in [0.2, 0.25) is 0 Å². The van der Waals surface area contributed by atoms with Gasteiger partial charge in [-0.15, -0.1) is 0 Å². The zero-order valence-corrected chi connectivity index (χ0v) is 16.1. The van der Waals surface area contributed by atoms with E-state index in [0.29, 0.717) is 13.1 Å². The number of halogens is 1. The number of nitrogens with zero attached hydrogens (tertiary/aromatic N) is 3. The van der Waals surface area contributed by atoms with E-state index in [4.69, 9.17) is 4.74 Å². The van der Waals surface area contributed by atoms with Crippen LogP contribution in [0.2, 0.25) is 0 Å². The van der Waals surface area contributed by atoms with Gasteiger partial charge >= 0.3 is 6.09 Å². The lowest BCUT2D eigenvalue weighted by Gasteiger charge is -2.37. The number of aromatic nitrogens is 2. The monoisotopic (exact) mass is 394 g/mol. The maximum atomic E-state index is 12.6. The Balaban J connectivity index is 1.93. The molecule has 0 aliphatic carbocycles. The number of amides is 1. The molecule has 0 saturated carbocycles. The molecule has 24 heavy (non-hydrogen) atoms. The quantitative estimate of drug-likeness (QED) is 0.806. The van der Waals surface area contributed by atoms with E-state index >= 15 is 0 Å². The number of ether oxygens (including phenoxy) is 1. The summed E-state index contributed by atoms with van der Waals surface area (Å²) in [6, 6.07) is 2.01. The molecule has 0 bridgehead atoms. The number of carbonyl (C=O) groups excluding carboxylic acids is 1. The zero-order chi connectivity index (χ0) is 17.5. The largest absolute Gasteiger partial charge is 0.444 e. The van der Waals surface area contributed by atoms with Gasteiger partial charge in [-0.25, -0.2) is 9.78 Å². The standard InChI is InChI=1S/C17H23BrN4O2/c1-17(2,3)24-16(23)22-6-5-19-9-14(22)11-7-12-13(18)10-21(4)15(12)20-8-11/h7-8,10,14,19H,5-6,9H2,1-4H3. The minimum Gasteiger partial charge on any atom is -0.444 e. The Hall–Kier alpha value is -1.60. The SMILES string of the molecule is Cn1cc(Br)c2cc(C3CNCCN3C(=O)OC(C)(C)C)cnc21. The van der Waals surface area contributed by atoms with Crippen LogP contribution in [0.15, 0.2) is 22.9 Å². The third-order valence-corrected chi connectivity index (χ3v) is 4.67. The van der Waals surface area contributed by atoms with Crippen LogP contribution in [0.1, 0.15) is 32.4 Å². The van der Waals surface area contributed by atoms with E-state index in [0.717, 1.165) is 27.6 Å². The molecule has 0 spiro atoms. The van der Waals surface area contributed by atoms with Gasteiger partial charge in [0.25, 0.3) is 0 Å². The molecule has 1 fully saturated rings. The molecule has 6 nitrogen and oxygen atoms in total. The predicted octanol–water partition coefficient (Wildman–Crippen LogP) is 3.22. The smallest absolute Gasteiger partial charge is 0.410 e. The molecule has 1 saturated heterocycles. The van der Waals surface area contributed by atoms with Gasteiger partial charge in [-0.2, -0.15) is 0 Å². The lowest BCUT2D eigenvalue weighted by molar-refractivity contribution is 0.0118. The van der Waals surface area contributed by atoms with E-state index < -0.39 is 5.60 Å². The summed E-state index contributed by atoms with van der Waals surface area (Å²) in [6.07, 6.45) is 3.57. The minimum absolute atomic E-state index is 0.0855. The Morgan fingerprint density at radius 3 is 2.92 bits per heavy atom. The van der Waals surface area contributed by atoms with Gasteiger partial charge in [-0.05, 0) is 48.3 Å². The molecule has 1 amide bonds. The number of rotatable bonds is 1. The van der Waals surface area contributed by atoms with Crippen LogP contribution < -0.4 is 5.32 Å². The van der Waals surface area contributed by atoms with Gasteiger partial charge in [-0.1, -0.05) is 0 Å². The zero-order valence-electron chi connectivity index (χ0n) is 14.5. The second kappa shape index (κ2) is 6.37. The van der Waals surface area contributed by atoms with Crippen LogP contribution in [0.3, 0.4) is 0 Å². The van der Waals surface area contributed by atoms with Crippen LogP contribution in [0.25, 0.3) is 11.0 Å². The highest BCUT2D eigenvalue weighted by molar-refractivity contribution is 9.10. The average Bonchev–Trinajstić information content (AvgIpc) is 2.80. The lowest BCUT2D eigenvalue weighted by Crippen LogP contribution is -2.50. The number of fused-ring (bicyclic) bond motifs is 1. The number of aryl methyl sites for hydroxylation is 1. The molecule has 1 N–H and O–H groups in total. The van der Waals surface area contributed by atoms with Crippen molar-refractivity contribution in [2.24, 2.45) is 7.05 Å². The van der Waals surface area contributed by atoms with Crippen molar-refractivity contribution in [1.29, 1.82) is 0 Å². The van der Waals surface area contributed by atoms with Gasteiger partial charge in [0.05, 0.1) is 6.04 Å². The molecule has 3 heterocycles. The van der Waals surface area contributed by atoms with Crippen LogP contribution in [-0.4, -0.2) is 45.8 Å². The van der Waals surface area contributed by atoms with Crippen molar-refractivity contribution in [3.05, 3.63) is 28.5 Å². The molecule has 2 aromatic rings. The fourth-order valence-electron chi connectivity index (χ4n) is 2.95. The van der Waals surface area contributed by atoms with Crippen molar-refractivity contribution in [3.8, 4) is 0 Å². The predicted molar refractivity (Wildman–Crippen MR) is 97.0 cm³/mol. The fraction of sp³-hybridized carbons (Fsp3) is 0.529. The summed E-state index contributed by atoms with van der Waals surface area (Å²) >= 11 is 3.58. The molecule has 1 atom stereocenters. The van der Waals surface area contributed by atoms with Crippen molar-refractivity contribution in [3.63, 3.8) is 0 Å². The first-order valence-corrected chi connectivity index (χ1v) is 8.86. The van der Waals surface area contributed by atoms with E-state index in [1.165, 1.54) is 0 Å². The minimum atomic E-state index is -0.503. The number of hydrogen-bond donors (Lipinski definition) is 1. The molecule has 0 radical (unpaired) electrons. The van der Waals surface area contributed by atoms with Crippen LogP contribution in [-0.2, 0) is 11.8 Å². The third kappa shape index (κ3) is 3.42. The second-order valence-electron chi connectivity index (χ2n) is 7.12. The van der Waals surface area contributed by atoms with Gasteiger partial charge in [0.1, 0.15) is 11.2 Å². The highest BCUT2D eigenvalue weighted by atomic mass is 79.9. The summed E-state index contributed by atoms with van der Waals surface area (Å²) in [5, 5.41) is 4.40. The van der Waals surface area contributed by atoms with E-state index in [2.05, 4.69) is 32.3 Å². The molecule has 1 unspecified atom stereocenters. The second-order valence-corrected chi connectivity index (χ2v) is 7.98. The first kappa shape index (κ1) is 17.2. The summed E-state index contributed by atoms with van der Waals surface area (Å²) in [4.78, 5) is 18.9. The molecular formula is C17H23BrN4O2. The molecular weight excluding hydrogens is 372 g/mol. The Labute approximate surface area is 150 Å². The summed E-state index contributed by atoms with van der Waals surface area (Å²) in [5.41, 5.74) is 1.42. The molecule has 1 aliphatic rings. The number of pyridine rings is 1. The summed E-state index contributed by atoms with van der Waals surface area (Å²) < 4.78 is 8.55. The average molecular weight is 395 g/mol. The Morgan fingerprint density at radius 1 is 1.46 bits per heavy atom. The van der Waals surface area contributed by atoms with E-state index in [1.807, 2.05) is 44.8 Å². The Kier molecular flexibility index (Phi) is 4.57. The van der Waals surface area contributed by atoms with Crippen LogP contribution in [0, 0.1) is 0 Å². The Morgan fingerprint density at radius 2 is 2.21 bits per heavy atom. The highest BCUT2D eigenvalue weighted by Gasteiger charge is 2.31. The van der Waals surface area contributed by atoms with Crippen molar-refractivity contribution in [1.82, 2.24) is 19.8 Å². The van der Waals surface area contributed by atoms with Crippen LogP contribution in [0.4, 0.5) is 4.79 Å². The van der Waals surface area contributed by atoms with Crippen molar-refractivity contribution >= 4 is 33.1 Å². The molecule has 1 aliphatic heterocycles.